The van der Waals surface area contributed by atoms with Gasteiger partial charge in [-0.25, -0.2) is 0 Å². The van der Waals surface area contributed by atoms with Gasteiger partial charge in [-0.1, -0.05) is 20.8 Å². The zero-order valence-electron chi connectivity index (χ0n) is 16.1. The molecule has 5 heteroatoms. The molecule has 1 aliphatic heterocycles. The molecule has 1 aromatic rings. The normalized spacial score (nSPS) is 15.6. The Bertz CT molecular complexity index is 617. The Balaban J connectivity index is 2.30. The summed E-state index contributed by atoms with van der Waals surface area (Å²) in [6, 6.07) is 5.71. The van der Waals surface area contributed by atoms with E-state index in [2.05, 4.69) is 22.5 Å². The van der Waals surface area contributed by atoms with Gasteiger partial charge in [-0.15, -0.1) is 0 Å². The predicted molar refractivity (Wildman–Crippen MR) is 103 cm³/mol. The third kappa shape index (κ3) is 5.21. The molecule has 0 aliphatic carbocycles. The highest BCUT2D eigenvalue weighted by atomic mass is 16.2. The van der Waals surface area contributed by atoms with Crippen LogP contribution in [-0.4, -0.2) is 30.9 Å². The summed E-state index contributed by atoms with van der Waals surface area (Å²) in [7, 11) is 0. The first-order valence-corrected chi connectivity index (χ1v) is 9.28. The molecule has 1 fully saturated rings. The number of carbonyl (C=O) groups excluding carboxylic acids is 2. The van der Waals surface area contributed by atoms with Crippen molar-refractivity contribution in [1.29, 1.82) is 0 Å². The second kappa shape index (κ2) is 8.37. The summed E-state index contributed by atoms with van der Waals surface area (Å²) < 4.78 is 0. The fourth-order valence-corrected chi connectivity index (χ4v) is 2.95. The van der Waals surface area contributed by atoms with Crippen molar-refractivity contribution in [3.8, 4) is 0 Å². The summed E-state index contributed by atoms with van der Waals surface area (Å²) >= 11 is 0. The molecular weight excluding hydrogens is 314 g/mol. The van der Waals surface area contributed by atoms with Crippen molar-refractivity contribution in [2.45, 2.75) is 53.5 Å². The van der Waals surface area contributed by atoms with Gasteiger partial charge in [0.05, 0.1) is 5.56 Å². The summed E-state index contributed by atoms with van der Waals surface area (Å²) in [5.41, 5.74) is 2.25. The molecule has 2 amide bonds. The maximum Gasteiger partial charge on any atom is 0.253 e. The SMILES string of the molecule is CC1CCN(c2ccc(NC(=O)C(C)C)cc2C(=O)NC(C)C)CC1. The highest BCUT2D eigenvalue weighted by Gasteiger charge is 2.22. The van der Waals surface area contributed by atoms with E-state index in [1.54, 1.807) is 6.07 Å². The van der Waals surface area contributed by atoms with Crippen molar-refractivity contribution in [3.63, 3.8) is 0 Å². The number of nitrogens with zero attached hydrogens (tertiary/aromatic N) is 1. The molecule has 0 spiro atoms. The van der Waals surface area contributed by atoms with Crippen LogP contribution in [-0.2, 0) is 4.79 Å². The lowest BCUT2D eigenvalue weighted by Crippen LogP contribution is -2.36. The van der Waals surface area contributed by atoms with Crippen LogP contribution in [0.25, 0.3) is 0 Å². The maximum absolute atomic E-state index is 12.7. The number of piperidine rings is 1. The van der Waals surface area contributed by atoms with Gasteiger partial charge in [-0.05, 0) is 50.8 Å². The number of hydrogen-bond donors (Lipinski definition) is 2. The summed E-state index contributed by atoms with van der Waals surface area (Å²) in [4.78, 5) is 27.0. The largest absolute Gasteiger partial charge is 0.371 e. The van der Waals surface area contributed by atoms with Gasteiger partial charge >= 0.3 is 0 Å². The number of amides is 2. The average Bonchev–Trinajstić information content (AvgIpc) is 2.55. The lowest BCUT2D eigenvalue weighted by Gasteiger charge is -2.33. The Morgan fingerprint density at radius 2 is 1.76 bits per heavy atom. The topological polar surface area (TPSA) is 61.4 Å². The fraction of sp³-hybridized carbons (Fsp3) is 0.600. The number of benzene rings is 1. The molecule has 0 bridgehead atoms. The van der Waals surface area contributed by atoms with Crippen LogP contribution in [0.1, 0.15) is 57.8 Å². The van der Waals surface area contributed by atoms with E-state index < -0.39 is 0 Å². The lowest BCUT2D eigenvalue weighted by atomic mass is 9.97. The highest BCUT2D eigenvalue weighted by Crippen LogP contribution is 2.29. The number of rotatable bonds is 5. The second-order valence-corrected chi connectivity index (χ2v) is 7.67. The molecule has 1 aromatic carbocycles. The first kappa shape index (κ1) is 19.3. The first-order valence-electron chi connectivity index (χ1n) is 9.28. The molecule has 1 saturated heterocycles. The van der Waals surface area contributed by atoms with Gasteiger partial charge in [-0.3, -0.25) is 9.59 Å². The third-order valence-electron chi connectivity index (χ3n) is 4.58. The smallest absolute Gasteiger partial charge is 0.253 e. The molecule has 1 aliphatic rings. The number of nitrogens with one attached hydrogen (secondary N) is 2. The van der Waals surface area contributed by atoms with Crippen molar-refractivity contribution in [1.82, 2.24) is 5.32 Å². The zero-order valence-corrected chi connectivity index (χ0v) is 16.1. The van der Waals surface area contributed by atoms with E-state index in [-0.39, 0.29) is 23.8 Å². The minimum atomic E-state index is -0.101. The van der Waals surface area contributed by atoms with E-state index in [4.69, 9.17) is 0 Å². The number of hydrogen-bond acceptors (Lipinski definition) is 3. The third-order valence-corrected chi connectivity index (χ3v) is 4.58. The second-order valence-electron chi connectivity index (χ2n) is 7.67. The minimum Gasteiger partial charge on any atom is -0.371 e. The Hall–Kier alpha value is -2.04. The van der Waals surface area contributed by atoms with Gasteiger partial charge in [0.25, 0.3) is 5.91 Å². The first-order chi connectivity index (χ1) is 11.8. The predicted octanol–water partition coefficient (Wildman–Crippen LogP) is 3.66. The van der Waals surface area contributed by atoms with Crippen molar-refractivity contribution >= 4 is 23.2 Å². The van der Waals surface area contributed by atoms with Crippen LogP contribution < -0.4 is 15.5 Å². The van der Waals surface area contributed by atoms with Crippen molar-refractivity contribution in [2.75, 3.05) is 23.3 Å². The van der Waals surface area contributed by atoms with E-state index in [1.807, 2.05) is 39.8 Å². The van der Waals surface area contributed by atoms with Gasteiger partial charge < -0.3 is 15.5 Å². The van der Waals surface area contributed by atoms with Crippen LogP contribution in [0.3, 0.4) is 0 Å². The van der Waals surface area contributed by atoms with E-state index in [0.717, 1.165) is 37.5 Å². The standard InChI is InChI=1S/C20H31N3O2/c1-13(2)19(24)22-16-6-7-18(23-10-8-15(5)9-11-23)17(12-16)20(25)21-14(3)4/h6-7,12-15H,8-11H2,1-5H3,(H,21,25)(H,22,24). The van der Waals surface area contributed by atoms with E-state index in [1.165, 1.54) is 0 Å². The van der Waals surface area contributed by atoms with Crippen molar-refractivity contribution in [3.05, 3.63) is 23.8 Å². The summed E-state index contributed by atoms with van der Waals surface area (Å²) in [6.45, 7) is 11.8. The van der Waals surface area contributed by atoms with E-state index >= 15 is 0 Å². The van der Waals surface area contributed by atoms with E-state index in [0.29, 0.717) is 11.3 Å². The molecule has 0 radical (unpaired) electrons. The Labute approximate surface area is 151 Å². The average molecular weight is 345 g/mol. The summed E-state index contributed by atoms with van der Waals surface area (Å²) in [5, 5.41) is 5.86. The Morgan fingerprint density at radius 1 is 1.12 bits per heavy atom. The Kier molecular flexibility index (Phi) is 6.45. The van der Waals surface area contributed by atoms with Gasteiger partial charge in [0.15, 0.2) is 0 Å². The van der Waals surface area contributed by atoms with Crippen LogP contribution in [0.4, 0.5) is 11.4 Å². The molecule has 2 rings (SSSR count). The monoisotopic (exact) mass is 345 g/mol. The van der Waals surface area contributed by atoms with Crippen LogP contribution in [0.2, 0.25) is 0 Å². The van der Waals surface area contributed by atoms with Crippen molar-refractivity contribution < 1.29 is 9.59 Å². The molecule has 0 atom stereocenters. The molecule has 0 saturated carbocycles. The van der Waals surface area contributed by atoms with Crippen LogP contribution >= 0.6 is 0 Å². The molecule has 2 N–H and O–H groups in total. The van der Waals surface area contributed by atoms with Gasteiger partial charge in [-0.2, -0.15) is 0 Å². The summed E-state index contributed by atoms with van der Waals surface area (Å²) in [6.07, 6.45) is 2.27. The molecule has 0 unspecified atom stereocenters. The Morgan fingerprint density at radius 3 is 2.32 bits per heavy atom. The van der Waals surface area contributed by atoms with Gasteiger partial charge in [0, 0.05) is 36.4 Å². The van der Waals surface area contributed by atoms with Gasteiger partial charge in [0.2, 0.25) is 5.91 Å². The minimum absolute atomic E-state index is 0.0465. The zero-order chi connectivity index (χ0) is 18.6. The molecular formula is C20H31N3O2. The quantitative estimate of drug-likeness (QED) is 0.856. The van der Waals surface area contributed by atoms with Crippen LogP contribution in [0, 0.1) is 11.8 Å². The maximum atomic E-state index is 12.7. The molecule has 0 aromatic heterocycles. The lowest BCUT2D eigenvalue weighted by molar-refractivity contribution is -0.118. The van der Waals surface area contributed by atoms with Crippen LogP contribution in [0.15, 0.2) is 18.2 Å². The number of anilines is 2. The molecule has 138 valence electrons. The molecule has 25 heavy (non-hydrogen) atoms. The van der Waals surface area contributed by atoms with Gasteiger partial charge in [0.1, 0.15) is 0 Å². The fourth-order valence-electron chi connectivity index (χ4n) is 2.95. The summed E-state index contributed by atoms with van der Waals surface area (Å²) in [5.74, 6) is 0.490. The molecule has 5 nitrogen and oxygen atoms in total. The number of carbonyl (C=O) groups is 2. The van der Waals surface area contributed by atoms with E-state index in [9.17, 15) is 9.59 Å². The molecule has 1 heterocycles. The highest BCUT2D eigenvalue weighted by molar-refractivity contribution is 6.02. The van der Waals surface area contributed by atoms with Crippen molar-refractivity contribution in [2.24, 2.45) is 11.8 Å². The van der Waals surface area contributed by atoms with Crippen LogP contribution in [0.5, 0.6) is 0 Å².